The molecule has 0 atom stereocenters. The predicted molar refractivity (Wildman–Crippen MR) is 125 cm³/mol. The van der Waals surface area contributed by atoms with Gasteiger partial charge in [0.05, 0.1) is 13.2 Å². The van der Waals surface area contributed by atoms with Crippen LogP contribution in [0.4, 0.5) is 0 Å². The molecule has 30 heavy (non-hydrogen) atoms. The van der Waals surface area contributed by atoms with Crippen molar-refractivity contribution in [3.63, 3.8) is 0 Å². The van der Waals surface area contributed by atoms with E-state index < -0.39 is 5.79 Å². The molecule has 2 aromatic rings. The van der Waals surface area contributed by atoms with Gasteiger partial charge in [-0.15, -0.1) is 0 Å². The minimum Gasteiger partial charge on any atom is -0.346 e. The first-order valence-electron chi connectivity index (χ1n) is 12.1. The van der Waals surface area contributed by atoms with E-state index in [1.807, 2.05) is 6.92 Å². The lowest BCUT2D eigenvalue weighted by molar-refractivity contribution is -0.282. The molecule has 1 aliphatic heterocycles. The highest BCUT2D eigenvalue weighted by Crippen LogP contribution is 2.38. The molecule has 2 fully saturated rings. The molecule has 0 radical (unpaired) electrons. The smallest absolute Gasteiger partial charge is 0.191 e. The lowest BCUT2D eigenvalue weighted by atomic mass is 9.77. The minimum atomic E-state index is -0.620. The van der Waals surface area contributed by atoms with Crippen molar-refractivity contribution in [2.24, 2.45) is 11.8 Å². The van der Waals surface area contributed by atoms with Crippen LogP contribution in [0.1, 0.15) is 82.8 Å². The fourth-order valence-electron chi connectivity index (χ4n) is 5.15. The van der Waals surface area contributed by atoms with Crippen LogP contribution in [0.2, 0.25) is 0 Å². The van der Waals surface area contributed by atoms with Gasteiger partial charge in [-0.1, -0.05) is 75.2 Å². The lowest BCUT2D eigenvalue weighted by Crippen LogP contribution is -2.39. The Hall–Kier alpha value is -1.64. The molecule has 0 aromatic heterocycles. The van der Waals surface area contributed by atoms with Crippen molar-refractivity contribution in [1.29, 1.82) is 0 Å². The van der Waals surface area contributed by atoms with E-state index >= 15 is 0 Å². The Balaban J connectivity index is 1.39. The monoisotopic (exact) mass is 406 g/mol. The van der Waals surface area contributed by atoms with Crippen molar-refractivity contribution in [2.75, 3.05) is 13.2 Å². The number of rotatable bonds is 6. The van der Waals surface area contributed by atoms with E-state index in [1.165, 1.54) is 55.2 Å². The number of hydrogen-bond donors (Lipinski definition) is 0. The van der Waals surface area contributed by atoms with Crippen molar-refractivity contribution in [3.05, 3.63) is 59.7 Å². The standard InChI is InChI=1S/C28H38O2/c1-4-6-22-7-9-23(10-8-22)24-11-13-25(14-12-24)26-15-17-27(18-16-26)28(3)29-19-21(5-2)20-30-28/h11-18,21-23H,4-10,19-20H2,1-3H3/t21-,22-,23-,28-. The maximum absolute atomic E-state index is 6.08. The lowest BCUT2D eigenvalue weighted by Gasteiger charge is -2.37. The maximum atomic E-state index is 6.08. The summed E-state index contributed by atoms with van der Waals surface area (Å²) in [5.41, 5.74) is 5.16. The molecule has 1 saturated carbocycles. The van der Waals surface area contributed by atoms with Gasteiger partial charge in [0.25, 0.3) is 0 Å². The van der Waals surface area contributed by atoms with Crippen LogP contribution < -0.4 is 0 Å². The summed E-state index contributed by atoms with van der Waals surface area (Å²) in [6, 6.07) is 18.0. The van der Waals surface area contributed by atoms with E-state index in [4.69, 9.17) is 9.47 Å². The second-order valence-electron chi connectivity index (χ2n) is 9.55. The fourth-order valence-corrected chi connectivity index (χ4v) is 5.15. The van der Waals surface area contributed by atoms with Crippen LogP contribution in [0.3, 0.4) is 0 Å². The van der Waals surface area contributed by atoms with E-state index in [0.29, 0.717) is 5.92 Å². The Morgan fingerprint density at radius 1 is 0.767 bits per heavy atom. The van der Waals surface area contributed by atoms with Crippen LogP contribution in [0.25, 0.3) is 11.1 Å². The minimum absolute atomic E-state index is 0.512. The zero-order valence-corrected chi connectivity index (χ0v) is 19.0. The van der Waals surface area contributed by atoms with E-state index in [2.05, 4.69) is 62.4 Å². The summed E-state index contributed by atoms with van der Waals surface area (Å²) in [4.78, 5) is 0. The first kappa shape index (κ1) is 21.6. The van der Waals surface area contributed by atoms with Crippen molar-refractivity contribution < 1.29 is 9.47 Å². The van der Waals surface area contributed by atoms with Crippen LogP contribution in [0.5, 0.6) is 0 Å². The third kappa shape index (κ3) is 4.81. The SMILES string of the molecule is CCC[C@H]1CC[C@H](c2ccc(-c3ccc([C@]4(C)OC[C@@H](CC)CO4)cc3)cc2)CC1. The van der Waals surface area contributed by atoms with Gasteiger partial charge in [-0.05, 0) is 67.6 Å². The Morgan fingerprint density at radius 3 is 1.87 bits per heavy atom. The highest BCUT2D eigenvalue weighted by atomic mass is 16.7. The van der Waals surface area contributed by atoms with Crippen molar-refractivity contribution in [1.82, 2.24) is 0 Å². The zero-order chi connectivity index (χ0) is 21.0. The quantitative estimate of drug-likeness (QED) is 0.490. The molecular formula is C28H38O2. The Morgan fingerprint density at radius 2 is 1.33 bits per heavy atom. The second-order valence-corrected chi connectivity index (χ2v) is 9.55. The maximum Gasteiger partial charge on any atom is 0.191 e. The first-order chi connectivity index (χ1) is 14.6. The molecule has 2 heteroatoms. The van der Waals surface area contributed by atoms with Crippen LogP contribution in [0.15, 0.2) is 48.5 Å². The van der Waals surface area contributed by atoms with Gasteiger partial charge in [-0.25, -0.2) is 0 Å². The van der Waals surface area contributed by atoms with Crippen molar-refractivity contribution >= 4 is 0 Å². The molecule has 1 aliphatic carbocycles. The average Bonchev–Trinajstić information content (AvgIpc) is 2.81. The average molecular weight is 407 g/mol. The van der Waals surface area contributed by atoms with Gasteiger partial charge in [-0.2, -0.15) is 0 Å². The topological polar surface area (TPSA) is 18.5 Å². The molecule has 4 rings (SSSR count). The molecule has 0 bridgehead atoms. The molecule has 0 N–H and O–H groups in total. The number of ether oxygens (including phenoxy) is 2. The van der Waals surface area contributed by atoms with Gasteiger partial charge >= 0.3 is 0 Å². The van der Waals surface area contributed by atoms with Gasteiger partial charge in [0.1, 0.15) is 0 Å². The molecule has 2 aliphatic rings. The van der Waals surface area contributed by atoms with Gasteiger partial charge in [0, 0.05) is 11.5 Å². The summed E-state index contributed by atoms with van der Waals surface area (Å²) in [6.07, 6.45) is 9.38. The Kier molecular flexibility index (Phi) is 6.95. The number of benzene rings is 2. The molecule has 1 saturated heterocycles. The van der Waals surface area contributed by atoms with Crippen LogP contribution in [0, 0.1) is 11.8 Å². The second kappa shape index (κ2) is 9.66. The summed E-state index contributed by atoms with van der Waals surface area (Å²) >= 11 is 0. The van der Waals surface area contributed by atoms with Gasteiger partial charge in [-0.3, -0.25) is 0 Å². The van der Waals surface area contributed by atoms with E-state index in [9.17, 15) is 0 Å². The largest absolute Gasteiger partial charge is 0.346 e. The van der Waals surface area contributed by atoms with Crippen LogP contribution in [-0.4, -0.2) is 13.2 Å². The van der Waals surface area contributed by atoms with E-state index in [0.717, 1.165) is 37.0 Å². The molecule has 162 valence electrons. The van der Waals surface area contributed by atoms with Crippen LogP contribution in [-0.2, 0) is 15.3 Å². The molecule has 0 spiro atoms. The molecule has 2 nitrogen and oxygen atoms in total. The third-order valence-electron chi connectivity index (χ3n) is 7.43. The first-order valence-corrected chi connectivity index (χ1v) is 12.1. The van der Waals surface area contributed by atoms with Crippen molar-refractivity contribution in [3.8, 4) is 11.1 Å². The van der Waals surface area contributed by atoms with Gasteiger partial charge in [0.15, 0.2) is 5.79 Å². The number of hydrogen-bond acceptors (Lipinski definition) is 2. The zero-order valence-electron chi connectivity index (χ0n) is 19.0. The summed E-state index contributed by atoms with van der Waals surface area (Å²) < 4.78 is 12.2. The molecule has 2 aromatic carbocycles. The molecule has 1 heterocycles. The fraction of sp³-hybridized carbons (Fsp3) is 0.571. The van der Waals surface area contributed by atoms with E-state index in [-0.39, 0.29) is 0 Å². The summed E-state index contributed by atoms with van der Waals surface area (Å²) in [5.74, 6) is 1.61. The Bertz CT molecular complexity index is 776. The normalized spacial score (nSPS) is 29.6. The Labute approximate surface area is 183 Å². The highest BCUT2D eigenvalue weighted by Gasteiger charge is 2.34. The summed E-state index contributed by atoms with van der Waals surface area (Å²) in [6.45, 7) is 8.09. The summed E-state index contributed by atoms with van der Waals surface area (Å²) in [7, 11) is 0. The predicted octanol–water partition coefficient (Wildman–Crippen LogP) is 7.67. The molecule has 0 unspecified atom stereocenters. The molecular weight excluding hydrogens is 368 g/mol. The van der Waals surface area contributed by atoms with Crippen molar-refractivity contribution in [2.45, 2.75) is 77.4 Å². The molecule has 0 amide bonds. The van der Waals surface area contributed by atoms with Crippen LogP contribution >= 0.6 is 0 Å². The van der Waals surface area contributed by atoms with Gasteiger partial charge in [0.2, 0.25) is 0 Å². The third-order valence-corrected chi connectivity index (χ3v) is 7.43. The van der Waals surface area contributed by atoms with E-state index in [1.54, 1.807) is 0 Å². The van der Waals surface area contributed by atoms with Gasteiger partial charge < -0.3 is 9.47 Å². The summed E-state index contributed by atoms with van der Waals surface area (Å²) in [5, 5.41) is 0. The highest BCUT2D eigenvalue weighted by molar-refractivity contribution is 5.64.